The van der Waals surface area contributed by atoms with Gasteiger partial charge in [0.1, 0.15) is 24.7 Å². The highest BCUT2D eigenvalue weighted by atomic mass is 19.3. The minimum absolute atomic E-state index is 0.00191. The lowest BCUT2D eigenvalue weighted by Crippen LogP contribution is -2.19. The molecule has 2 rings (SSSR count). The predicted octanol–water partition coefficient (Wildman–Crippen LogP) is 1.39. The number of carbonyl (C=O) groups excluding carboxylic acids is 1. The van der Waals surface area contributed by atoms with Gasteiger partial charge in [-0.3, -0.25) is 4.79 Å². The van der Waals surface area contributed by atoms with Gasteiger partial charge < -0.3 is 10.1 Å². The zero-order valence-corrected chi connectivity index (χ0v) is 10.5. The van der Waals surface area contributed by atoms with E-state index in [1.807, 2.05) is 0 Å². The summed E-state index contributed by atoms with van der Waals surface area (Å²) in [6.45, 7) is -3.02. The monoisotopic (exact) mass is 293 g/mol. The topological polar surface area (TPSA) is 92.8 Å². The van der Waals surface area contributed by atoms with Gasteiger partial charge in [-0.2, -0.15) is 14.0 Å². The zero-order valence-electron chi connectivity index (χ0n) is 10.5. The minimum atomic E-state index is -2.90. The molecule has 0 radical (unpaired) electrons. The van der Waals surface area contributed by atoms with Crippen LogP contribution in [0.3, 0.4) is 0 Å². The molecule has 1 aromatic heterocycles. The minimum Gasteiger partial charge on any atom is -0.435 e. The maximum atomic E-state index is 12.0. The molecule has 9 heteroatoms. The molecule has 0 fully saturated rings. The van der Waals surface area contributed by atoms with Crippen LogP contribution in [-0.4, -0.2) is 27.3 Å². The highest BCUT2D eigenvalue weighted by Gasteiger charge is 2.07. The molecule has 1 N–H and O–H groups in total. The first-order valence-electron chi connectivity index (χ1n) is 5.71. The number of amides is 1. The van der Waals surface area contributed by atoms with Gasteiger partial charge in [0.25, 0.3) is 5.82 Å². The number of hydrogen-bond donors (Lipinski definition) is 1. The summed E-state index contributed by atoms with van der Waals surface area (Å²) < 4.78 is 29.3. The third-order valence-electron chi connectivity index (χ3n) is 2.31. The number of nitrogens with zero attached hydrogens (tertiary/aromatic N) is 4. The number of nitrogens with one attached hydrogen (secondary N) is 1. The van der Waals surface area contributed by atoms with Crippen molar-refractivity contribution in [1.29, 1.82) is 5.26 Å². The molecule has 0 aliphatic carbocycles. The number of rotatable bonds is 5. The lowest BCUT2D eigenvalue weighted by molar-refractivity contribution is -0.116. The van der Waals surface area contributed by atoms with Crippen LogP contribution in [0.2, 0.25) is 0 Å². The molecule has 0 atom stereocenters. The number of anilines is 1. The van der Waals surface area contributed by atoms with E-state index in [2.05, 4.69) is 20.1 Å². The summed E-state index contributed by atoms with van der Waals surface area (Å²) in [5.74, 6) is -0.429. The van der Waals surface area contributed by atoms with E-state index in [9.17, 15) is 13.6 Å². The van der Waals surface area contributed by atoms with Gasteiger partial charge in [-0.15, -0.1) is 5.10 Å². The van der Waals surface area contributed by atoms with Gasteiger partial charge in [0.2, 0.25) is 5.91 Å². The standard InChI is InChI=1S/C12H9F2N5O2/c13-12(14)21-9-3-1-8(2-4-9)17-11(20)6-19-7-16-10(5-15)18-19/h1-4,7,12H,6H2,(H,17,20). The van der Waals surface area contributed by atoms with Gasteiger partial charge in [0.05, 0.1) is 0 Å². The molecule has 0 spiro atoms. The van der Waals surface area contributed by atoms with Crippen LogP contribution in [0, 0.1) is 11.3 Å². The van der Waals surface area contributed by atoms with Crippen molar-refractivity contribution in [2.24, 2.45) is 0 Å². The van der Waals surface area contributed by atoms with Gasteiger partial charge >= 0.3 is 6.61 Å². The van der Waals surface area contributed by atoms with Crippen molar-refractivity contribution in [2.45, 2.75) is 13.2 Å². The summed E-state index contributed by atoms with van der Waals surface area (Å²) >= 11 is 0. The first-order valence-corrected chi connectivity index (χ1v) is 5.71. The van der Waals surface area contributed by atoms with Crippen LogP contribution in [0.4, 0.5) is 14.5 Å². The fourth-order valence-corrected chi connectivity index (χ4v) is 1.49. The molecular weight excluding hydrogens is 284 g/mol. The quantitative estimate of drug-likeness (QED) is 0.899. The largest absolute Gasteiger partial charge is 0.435 e. The first kappa shape index (κ1) is 14.4. The van der Waals surface area contributed by atoms with Crippen molar-refractivity contribution in [1.82, 2.24) is 14.8 Å². The Morgan fingerprint density at radius 2 is 2.14 bits per heavy atom. The van der Waals surface area contributed by atoms with Gasteiger partial charge in [-0.25, -0.2) is 9.67 Å². The number of nitriles is 1. The molecule has 0 saturated carbocycles. The summed E-state index contributed by atoms with van der Waals surface area (Å²) in [5.41, 5.74) is 0.419. The van der Waals surface area contributed by atoms with Crippen LogP contribution in [0.15, 0.2) is 30.6 Å². The van der Waals surface area contributed by atoms with E-state index in [1.54, 1.807) is 6.07 Å². The summed E-state index contributed by atoms with van der Waals surface area (Å²) in [5, 5.41) is 14.8. The second kappa shape index (κ2) is 6.42. The van der Waals surface area contributed by atoms with Crippen LogP contribution in [0.25, 0.3) is 0 Å². The SMILES string of the molecule is N#Cc1ncn(CC(=O)Nc2ccc(OC(F)F)cc2)n1. The van der Waals surface area contributed by atoms with Gasteiger partial charge in [0, 0.05) is 5.69 Å². The van der Waals surface area contributed by atoms with Gasteiger partial charge in [-0.05, 0) is 24.3 Å². The average molecular weight is 293 g/mol. The molecule has 7 nitrogen and oxygen atoms in total. The van der Waals surface area contributed by atoms with Crippen LogP contribution in [0.5, 0.6) is 5.75 Å². The summed E-state index contributed by atoms with van der Waals surface area (Å²) in [6.07, 6.45) is 1.26. The van der Waals surface area contributed by atoms with E-state index in [0.29, 0.717) is 5.69 Å². The molecule has 21 heavy (non-hydrogen) atoms. The zero-order chi connectivity index (χ0) is 15.2. The van der Waals surface area contributed by atoms with Crippen molar-refractivity contribution in [2.75, 3.05) is 5.32 Å². The molecule has 1 heterocycles. The van der Waals surface area contributed by atoms with E-state index in [1.165, 1.54) is 35.3 Å². The Labute approximate surface area is 117 Å². The fourth-order valence-electron chi connectivity index (χ4n) is 1.49. The molecular formula is C12H9F2N5O2. The maximum absolute atomic E-state index is 12.0. The maximum Gasteiger partial charge on any atom is 0.387 e. The Morgan fingerprint density at radius 3 is 2.71 bits per heavy atom. The van der Waals surface area contributed by atoms with E-state index in [0.717, 1.165) is 0 Å². The number of hydrogen-bond acceptors (Lipinski definition) is 5. The molecule has 0 bridgehead atoms. The Hall–Kier alpha value is -3.02. The van der Waals surface area contributed by atoms with Crippen molar-refractivity contribution in [3.8, 4) is 11.8 Å². The summed E-state index contributed by atoms with van der Waals surface area (Å²) in [4.78, 5) is 15.4. The molecule has 2 aromatic rings. The van der Waals surface area contributed by atoms with Crippen molar-refractivity contribution >= 4 is 11.6 Å². The van der Waals surface area contributed by atoms with E-state index in [-0.39, 0.29) is 18.1 Å². The summed E-state index contributed by atoms with van der Waals surface area (Å²) in [7, 11) is 0. The number of halogens is 2. The molecule has 0 unspecified atom stereocenters. The average Bonchev–Trinajstić information content (AvgIpc) is 2.88. The molecule has 1 aromatic carbocycles. The van der Waals surface area contributed by atoms with Crippen LogP contribution >= 0.6 is 0 Å². The first-order chi connectivity index (χ1) is 10.1. The Kier molecular flexibility index (Phi) is 4.40. The predicted molar refractivity (Wildman–Crippen MR) is 66.4 cm³/mol. The lowest BCUT2D eigenvalue weighted by Gasteiger charge is -2.07. The lowest BCUT2D eigenvalue weighted by atomic mass is 10.3. The van der Waals surface area contributed by atoms with E-state index < -0.39 is 12.5 Å². The third kappa shape index (κ3) is 4.24. The number of ether oxygens (including phenoxy) is 1. The molecule has 108 valence electrons. The van der Waals surface area contributed by atoms with Crippen LogP contribution in [0.1, 0.15) is 5.82 Å². The van der Waals surface area contributed by atoms with Gasteiger partial charge in [0.15, 0.2) is 0 Å². The number of alkyl halides is 2. The Bertz CT molecular complexity index is 663. The normalized spacial score (nSPS) is 10.2. The highest BCUT2D eigenvalue weighted by molar-refractivity contribution is 5.90. The molecule has 1 amide bonds. The molecule has 0 saturated heterocycles. The third-order valence-corrected chi connectivity index (χ3v) is 2.31. The second-order valence-electron chi connectivity index (χ2n) is 3.83. The molecule has 0 aliphatic heterocycles. The van der Waals surface area contributed by atoms with Crippen LogP contribution in [-0.2, 0) is 11.3 Å². The van der Waals surface area contributed by atoms with E-state index in [4.69, 9.17) is 5.26 Å². The van der Waals surface area contributed by atoms with E-state index >= 15 is 0 Å². The Balaban J connectivity index is 1.91. The van der Waals surface area contributed by atoms with Crippen molar-refractivity contribution in [3.05, 3.63) is 36.4 Å². The van der Waals surface area contributed by atoms with Crippen molar-refractivity contribution in [3.63, 3.8) is 0 Å². The summed E-state index contributed by atoms with van der Waals surface area (Å²) in [6, 6.07) is 7.22. The fraction of sp³-hybridized carbons (Fsp3) is 0.167. The number of carbonyl (C=O) groups is 1. The second-order valence-corrected chi connectivity index (χ2v) is 3.83. The number of aromatic nitrogens is 3. The highest BCUT2D eigenvalue weighted by Crippen LogP contribution is 2.17. The number of benzene rings is 1. The van der Waals surface area contributed by atoms with Crippen molar-refractivity contribution < 1.29 is 18.3 Å². The Morgan fingerprint density at radius 1 is 1.43 bits per heavy atom. The molecule has 0 aliphatic rings. The van der Waals surface area contributed by atoms with Crippen LogP contribution < -0.4 is 10.1 Å². The smallest absolute Gasteiger partial charge is 0.387 e. The van der Waals surface area contributed by atoms with Gasteiger partial charge in [-0.1, -0.05) is 0 Å².